The monoisotopic (exact) mass is 444 g/mol. The molecule has 0 radical (unpaired) electrons. The molecule has 2 saturated carbocycles. The lowest BCUT2D eigenvalue weighted by atomic mass is 9.52. The van der Waals surface area contributed by atoms with E-state index in [-0.39, 0.29) is 10.5 Å². The zero-order valence-electron chi connectivity index (χ0n) is 21.3. The van der Waals surface area contributed by atoms with Gasteiger partial charge in [0, 0.05) is 6.61 Å². The number of hydrogen-bond donors (Lipinski definition) is 1. The first kappa shape index (κ1) is 23.8. The Morgan fingerprint density at radius 2 is 1.97 bits per heavy atom. The highest BCUT2D eigenvalue weighted by Crippen LogP contribution is 2.64. The lowest BCUT2D eigenvalue weighted by Gasteiger charge is -2.56. The van der Waals surface area contributed by atoms with Gasteiger partial charge in [0.05, 0.1) is 5.60 Å². The summed E-state index contributed by atoms with van der Waals surface area (Å²) in [6.07, 6.45) is 16.6. The van der Waals surface area contributed by atoms with Crippen molar-refractivity contribution < 1.29 is 9.53 Å². The molecule has 0 aromatic carbocycles. The molecule has 0 amide bonds. The maximum absolute atomic E-state index is 12.3. The van der Waals surface area contributed by atoms with Gasteiger partial charge in [-0.3, -0.25) is 0 Å². The number of aliphatic hydroxyl groups is 1. The molecule has 176 valence electrons. The molecule has 0 aliphatic heterocycles. The second-order valence-corrected chi connectivity index (χ2v) is 18.3. The van der Waals surface area contributed by atoms with Crippen LogP contribution in [-0.2, 0) is 4.43 Å². The summed E-state index contributed by atoms with van der Waals surface area (Å²) in [5.41, 5.74) is 1.22. The summed E-state index contributed by atoms with van der Waals surface area (Å²) >= 11 is 0. The molecule has 4 rings (SSSR count). The van der Waals surface area contributed by atoms with E-state index < -0.39 is 13.9 Å². The van der Waals surface area contributed by atoms with Crippen LogP contribution in [0.4, 0.5) is 0 Å². The van der Waals surface area contributed by atoms with Gasteiger partial charge in [0.25, 0.3) is 0 Å². The Balaban J connectivity index is 1.52. The van der Waals surface area contributed by atoms with Crippen molar-refractivity contribution in [2.45, 2.75) is 110 Å². The van der Waals surface area contributed by atoms with E-state index in [1.165, 1.54) is 50.5 Å². The first-order valence-electron chi connectivity index (χ1n) is 13.1. The van der Waals surface area contributed by atoms with E-state index in [0.717, 1.165) is 18.9 Å². The summed E-state index contributed by atoms with van der Waals surface area (Å²) in [5, 5.41) is 12.5. The lowest BCUT2D eigenvalue weighted by Crippen LogP contribution is -2.56. The van der Waals surface area contributed by atoms with Crippen molar-refractivity contribution in [1.29, 1.82) is 0 Å². The molecule has 4 aliphatic carbocycles. The number of hydrogen-bond acceptors (Lipinski definition) is 2. The fraction of sp³-hybridized carbons (Fsp3) is 0.857. The average molecular weight is 445 g/mol. The van der Waals surface area contributed by atoms with Gasteiger partial charge in [-0.15, -0.1) is 0 Å². The molecule has 2 nitrogen and oxygen atoms in total. The topological polar surface area (TPSA) is 29.5 Å². The first-order chi connectivity index (χ1) is 14.4. The van der Waals surface area contributed by atoms with Gasteiger partial charge < -0.3 is 9.53 Å². The van der Waals surface area contributed by atoms with E-state index >= 15 is 0 Å². The van der Waals surface area contributed by atoms with Gasteiger partial charge in [-0.1, -0.05) is 58.4 Å². The van der Waals surface area contributed by atoms with Crippen LogP contribution in [0.1, 0.15) is 86.0 Å². The SMILES string of the molecule is C[C@H](CO[Si](C)(C)C(C)(C)C)[C@H]1CCC2[C@]3(O)CC=C4C=CCC(C4)CC3CC[C@@]21C. The molecule has 2 fully saturated rings. The quantitative estimate of drug-likeness (QED) is 0.455. The number of rotatable bonds is 4. The van der Waals surface area contributed by atoms with Crippen molar-refractivity contribution in [3.8, 4) is 0 Å². The van der Waals surface area contributed by atoms with Gasteiger partial charge in [-0.25, -0.2) is 0 Å². The summed E-state index contributed by atoms with van der Waals surface area (Å²) < 4.78 is 6.67. The molecule has 4 aliphatic rings. The third-order valence-corrected chi connectivity index (χ3v) is 15.1. The van der Waals surface area contributed by atoms with Gasteiger partial charge in [0.1, 0.15) is 0 Å². The van der Waals surface area contributed by atoms with Crippen LogP contribution < -0.4 is 0 Å². The van der Waals surface area contributed by atoms with Crippen molar-refractivity contribution in [3.63, 3.8) is 0 Å². The minimum absolute atomic E-state index is 0.254. The Labute approximate surface area is 193 Å². The molecule has 3 heteroatoms. The Morgan fingerprint density at radius 1 is 1.23 bits per heavy atom. The predicted octanol–water partition coefficient (Wildman–Crippen LogP) is 7.50. The maximum Gasteiger partial charge on any atom is 0.191 e. The highest BCUT2D eigenvalue weighted by molar-refractivity contribution is 6.74. The predicted molar refractivity (Wildman–Crippen MR) is 133 cm³/mol. The van der Waals surface area contributed by atoms with Crippen molar-refractivity contribution >= 4 is 8.32 Å². The number of fused-ring (bicyclic) bond motifs is 5. The van der Waals surface area contributed by atoms with Crippen LogP contribution in [0.5, 0.6) is 0 Å². The lowest BCUT2D eigenvalue weighted by molar-refractivity contribution is -0.152. The third-order valence-electron chi connectivity index (χ3n) is 10.6. The third kappa shape index (κ3) is 4.17. The maximum atomic E-state index is 12.3. The van der Waals surface area contributed by atoms with Gasteiger partial charge in [0.2, 0.25) is 0 Å². The van der Waals surface area contributed by atoms with Crippen LogP contribution in [0, 0.1) is 35.0 Å². The molecular formula is C28H48O2Si. The fourth-order valence-electron chi connectivity index (χ4n) is 7.63. The summed E-state index contributed by atoms with van der Waals surface area (Å²) in [7, 11) is -1.72. The molecule has 0 aromatic rings. The largest absolute Gasteiger partial charge is 0.417 e. The molecule has 0 heterocycles. The Morgan fingerprint density at radius 3 is 2.68 bits per heavy atom. The first-order valence-corrected chi connectivity index (χ1v) is 16.0. The van der Waals surface area contributed by atoms with Gasteiger partial charge in [-0.2, -0.15) is 0 Å². The zero-order chi connectivity index (χ0) is 22.7. The van der Waals surface area contributed by atoms with E-state index in [9.17, 15) is 5.11 Å². The number of allylic oxidation sites excluding steroid dienone is 3. The summed E-state index contributed by atoms with van der Waals surface area (Å²) in [5.74, 6) is 2.91. The molecule has 2 bridgehead atoms. The minimum atomic E-state index is -1.72. The van der Waals surface area contributed by atoms with Crippen LogP contribution >= 0.6 is 0 Å². The van der Waals surface area contributed by atoms with Crippen molar-refractivity contribution in [1.82, 2.24) is 0 Å². The second kappa shape index (κ2) is 8.13. The second-order valence-electron chi connectivity index (χ2n) is 13.4. The Kier molecular flexibility index (Phi) is 6.23. The average Bonchev–Trinajstić information content (AvgIpc) is 3.04. The van der Waals surface area contributed by atoms with Crippen molar-refractivity contribution in [2.75, 3.05) is 6.61 Å². The summed E-state index contributed by atoms with van der Waals surface area (Å²) in [4.78, 5) is 0. The Hall–Kier alpha value is -0.383. The van der Waals surface area contributed by atoms with Crippen LogP contribution in [0.15, 0.2) is 23.8 Å². The summed E-state index contributed by atoms with van der Waals surface area (Å²) in [6, 6.07) is 0. The summed E-state index contributed by atoms with van der Waals surface area (Å²) in [6.45, 7) is 17.6. The van der Waals surface area contributed by atoms with E-state index in [1.807, 2.05) is 0 Å². The molecule has 7 atom stereocenters. The van der Waals surface area contributed by atoms with E-state index in [0.29, 0.717) is 23.7 Å². The molecule has 0 saturated heterocycles. The molecule has 31 heavy (non-hydrogen) atoms. The fourth-order valence-corrected chi connectivity index (χ4v) is 8.74. The molecule has 0 spiro atoms. The van der Waals surface area contributed by atoms with Crippen molar-refractivity contribution in [2.24, 2.45) is 35.0 Å². The van der Waals surface area contributed by atoms with Gasteiger partial charge >= 0.3 is 0 Å². The molecule has 1 N–H and O–H groups in total. The van der Waals surface area contributed by atoms with Crippen LogP contribution in [-0.4, -0.2) is 25.6 Å². The highest BCUT2D eigenvalue weighted by Gasteiger charge is 2.61. The standard InChI is InChI=1S/C28H48O2Si/c1-20(19-30-31(6,7)26(2,3)4)24-11-12-25-27(24,5)15-14-23-18-22-10-8-9-21(17-22)13-16-28(23,25)29/h8-9,13,20,22-25,29H,10-12,14-19H2,1-7H3/t20-,22?,23?,24-,25?,27-,28+/m1/s1. The molecule has 0 aromatic heterocycles. The van der Waals surface area contributed by atoms with E-state index in [1.54, 1.807) is 0 Å². The highest BCUT2D eigenvalue weighted by atomic mass is 28.4. The Bertz CT molecular complexity index is 732. The van der Waals surface area contributed by atoms with Crippen LogP contribution in [0.25, 0.3) is 0 Å². The van der Waals surface area contributed by atoms with E-state index in [2.05, 4.69) is 65.9 Å². The van der Waals surface area contributed by atoms with Gasteiger partial charge in [0.15, 0.2) is 8.32 Å². The smallest absolute Gasteiger partial charge is 0.191 e. The molecular weight excluding hydrogens is 396 g/mol. The van der Waals surface area contributed by atoms with Crippen molar-refractivity contribution in [3.05, 3.63) is 23.8 Å². The normalized spacial score (nSPS) is 41.6. The van der Waals surface area contributed by atoms with Crippen LogP contribution in [0.2, 0.25) is 18.1 Å². The van der Waals surface area contributed by atoms with Gasteiger partial charge in [-0.05, 0) is 105 Å². The minimum Gasteiger partial charge on any atom is -0.417 e. The van der Waals surface area contributed by atoms with Crippen LogP contribution in [0.3, 0.4) is 0 Å². The molecule has 3 unspecified atom stereocenters. The zero-order valence-corrected chi connectivity index (χ0v) is 22.3. The van der Waals surface area contributed by atoms with E-state index in [4.69, 9.17) is 4.43 Å².